The van der Waals surface area contributed by atoms with Gasteiger partial charge in [0.1, 0.15) is 5.75 Å². The highest BCUT2D eigenvalue weighted by atomic mass is 16.5. The van der Waals surface area contributed by atoms with Gasteiger partial charge in [-0.05, 0) is 36.3 Å². The fraction of sp³-hybridized carbons (Fsp3) is 0.500. The van der Waals surface area contributed by atoms with Crippen LogP contribution in [0.3, 0.4) is 0 Å². The van der Waals surface area contributed by atoms with Crippen molar-refractivity contribution < 1.29 is 9.53 Å². The van der Waals surface area contributed by atoms with Crippen molar-refractivity contribution in [2.45, 2.75) is 45.1 Å². The number of nitrogens with one attached hydrogen (secondary N) is 2. The first kappa shape index (κ1) is 13.7. The van der Waals surface area contributed by atoms with E-state index in [0.717, 1.165) is 36.9 Å². The molecule has 2 heterocycles. The van der Waals surface area contributed by atoms with Crippen LogP contribution in [0.2, 0.25) is 0 Å². The third-order valence-corrected chi connectivity index (χ3v) is 5.78. The molecule has 0 spiro atoms. The van der Waals surface area contributed by atoms with Crippen LogP contribution in [0.25, 0.3) is 10.9 Å². The minimum Gasteiger partial charge on any atom is -0.495 e. The molecule has 0 saturated carbocycles. The van der Waals surface area contributed by atoms with Crippen molar-refractivity contribution in [3.8, 4) is 5.75 Å². The maximum atomic E-state index is 11.8. The second-order valence-electron chi connectivity index (χ2n) is 6.68. The van der Waals surface area contributed by atoms with Gasteiger partial charge in [0.05, 0.1) is 12.6 Å². The summed E-state index contributed by atoms with van der Waals surface area (Å²) in [5, 5.41) is 4.51. The van der Waals surface area contributed by atoms with Gasteiger partial charge in [-0.3, -0.25) is 4.79 Å². The third-order valence-electron chi connectivity index (χ3n) is 5.78. The van der Waals surface area contributed by atoms with Crippen LogP contribution >= 0.6 is 0 Å². The Morgan fingerprint density at radius 3 is 3.05 bits per heavy atom. The lowest BCUT2D eigenvalue weighted by atomic mass is 9.63. The van der Waals surface area contributed by atoms with Gasteiger partial charge in [-0.15, -0.1) is 0 Å². The maximum absolute atomic E-state index is 11.8. The monoisotopic (exact) mass is 298 g/mol. The second kappa shape index (κ2) is 4.77. The Bertz CT molecular complexity index is 749. The Hall–Kier alpha value is -1.97. The normalized spacial score (nSPS) is 27.2. The number of fused-ring (bicyclic) bond motifs is 4. The zero-order valence-corrected chi connectivity index (χ0v) is 13.2. The number of hydrogen-bond acceptors (Lipinski definition) is 2. The van der Waals surface area contributed by atoms with Gasteiger partial charge < -0.3 is 15.0 Å². The molecule has 1 saturated heterocycles. The summed E-state index contributed by atoms with van der Waals surface area (Å²) >= 11 is 0. The van der Waals surface area contributed by atoms with Crippen molar-refractivity contribution in [2.24, 2.45) is 5.41 Å². The first-order valence-electron chi connectivity index (χ1n) is 8.12. The van der Waals surface area contributed by atoms with Gasteiger partial charge in [-0.25, -0.2) is 0 Å². The summed E-state index contributed by atoms with van der Waals surface area (Å²) in [7, 11) is 1.71. The van der Waals surface area contributed by atoms with Crippen molar-refractivity contribution in [1.29, 1.82) is 0 Å². The van der Waals surface area contributed by atoms with E-state index in [1.807, 2.05) is 6.07 Å². The van der Waals surface area contributed by atoms with E-state index in [-0.39, 0.29) is 17.4 Å². The molecule has 4 heteroatoms. The average molecular weight is 298 g/mol. The zero-order chi connectivity index (χ0) is 15.3. The molecule has 2 aliphatic rings. The van der Waals surface area contributed by atoms with E-state index in [1.54, 1.807) is 7.11 Å². The number of piperidine rings is 1. The molecule has 1 aliphatic heterocycles. The number of amides is 1. The zero-order valence-electron chi connectivity index (χ0n) is 13.2. The molecule has 2 atom stereocenters. The molecular formula is C18H22N2O2. The number of para-hydroxylation sites is 1. The van der Waals surface area contributed by atoms with Gasteiger partial charge in [0.2, 0.25) is 5.91 Å². The van der Waals surface area contributed by atoms with Gasteiger partial charge in [0.15, 0.2) is 0 Å². The Morgan fingerprint density at radius 1 is 1.41 bits per heavy atom. The molecule has 4 nitrogen and oxygen atoms in total. The standard InChI is InChI=1S/C18H22N2O2/c1-3-18-8-7-16(21)20-15(18)9-13-12(10-18)11-5-4-6-14(22-2)17(11)19-13/h4-6,15,19H,3,7-10H2,1-2H3,(H,20,21). The summed E-state index contributed by atoms with van der Waals surface area (Å²) in [6, 6.07) is 6.49. The average Bonchev–Trinajstić information content (AvgIpc) is 2.89. The predicted octanol–water partition coefficient (Wildman–Crippen LogP) is 2.95. The number of methoxy groups -OCH3 is 1. The van der Waals surface area contributed by atoms with Crippen molar-refractivity contribution in [1.82, 2.24) is 10.3 Å². The fourth-order valence-electron chi connectivity index (χ4n) is 4.39. The Kier molecular flexibility index (Phi) is 2.96. The number of aromatic amines is 1. The highest BCUT2D eigenvalue weighted by Gasteiger charge is 2.45. The minimum absolute atomic E-state index is 0.200. The Morgan fingerprint density at radius 2 is 2.27 bits per heavy atom. The molecule has 1 aromatic carbocycles. The summed E-state index contributed by atoms with van der Waals surface area (Å²) in [6.07, 6.45) is 4.69. The van der Waals surface area contributed by atoms with E-state index in [2.05, 4.69) is 29.4 Å². The van der Waals surface area contributed by atoms with Gasteiger partial charge in [0.25, 0.3) is 0 Å². The van der Waals surface area contributed by atoms with E-state index in [0.29, 0.717) is 6.42 Å². The highest BCUT2D eigenvalue weighted by molar-refractivity contribution is 5.90. The lowest BCUT2D eigenvalue weighted by Crippen LogP contribution is -2.56. The van der Waals surface area contributed by atoms with E-state index in [1.165, 1.54) is 16.6 Å². The molecule has 0 bridgehead atoms. The molecular weight excluding hydrogens is 276 g/mol. The van der Waals surface area contributed by atoms with E-state index in [9.17, 15) is 4.79 Å². The molecule has 1 aromatic heterocycles. The Labute approximate surface area is 130 Å². The van der Waals surface area contributed by atoms with E-state index in [4.69, 9.17) is 4.74 Å². The molecule has 2 aromatic rings. The van der Waals surface area contributed by atoms with Crippen molar-refractivity contribution >= 4 is 16.8 Å². The first-order valence-corrected chi connectivity index (χ1v) is 8.12. The summed E-state index contributed by atoms with van der Waals surface area (Å²) in [4.78, 5) is 15.4. The molecule has 22 heavy (non-hydrogen) atoms. The smallest absolute Gasteiger partial charge is 0.220 e. The molecule has 1 fully saturated rings. The maximum Gasteiger partial charge on any atom is 0.220 e. The number of H-pyrrole nitrogens is 1. The van der Waals surface area contributed by atoms with Crippen molar-refractivity contribution in [3.05, 3.63) is 29.5 Å². The van der Waals surface area contributed by atoms with Crippen LogP contribution in [0.1, 0.15) is 37.4 Å². The number of benzene rings is 1. The topological polar surface area (TPSA) is 54.1 Å². The number of carbonyl (C=O) groups is 1. The van der Waals surface area contributed by atoms with Crippen LogP contribution in [0.4, 0.5) is 0 Å². The number of aromatic nitrogens is 1. The van der Waals surface area contributed by atoms with Gasteiger partial charge in [0, 0.05) is 30.0 Å². The molecule has 0 radical (unpaired) electrons. The summed E-state index contributed by atoms with van der Waals surface area (Å²) < 4.78 is 5.49. The molecule has 1 amide bonds. The largest absolute Gasteiger partial charge is 0.495 e. The molecule has 116 valence electrons. The van der Waals surface area contributed by atoms with Crippen molar-refractivity contribution in [2.75, 3.05) is 7.11 Å². The fourth-order valence-corrected chi connectivity index (χ4v) is 4.39. The predicted molar refractivity (Wildman–Crippen MR) is 86.1 cm³/mol. The lowest BCUT2D eigenvalue weighted by molar-refractivity contribution is -0.126. The van der Waals surface area contributed by atoms with Crippen LogP contribution in [0.5, 0.6) is 5.75 Å². The second-order valence-corrected chi connectivity index (χ2v) is 6.68. The van der Waals surface area contributed by atoms with Gasteiger partial charge in [-0.2, -0.15) is 0 Å². The minimum atomic E-state index is 0.200. The number of carbonyl (C=O) groups excluding carboxylic acids is 1. The number of hydrogen-bond donors (Lipinski definition) is 2. The Balaban J connectivity index is 1.86. The van der Waals surface area contributed by atoms with Gasteiger partial charge >= 0.3 is 0 Å². The molecule has 2 unspecified atom stereocenters. The summed E-state index contributed by atoms with van der Waals surface area (Å²) in [6.45, 7) is 2.25. The van der Waals surface area contributed by atoms with Crippen LogP contribution in [0.15, 0.2) is 18.2 Å². The molecule has 4 rings (SSSR count). The summed E-state index contributed by atoms with van der Waals surface area (Å²) in [5.74, 6) is 1.09. The molecule has 2 N–H and O–H groups in total. The van der Waals surface area contributed by atoms with E-state index >= 15 is 0 Å². The van der Waals surface area contributed by atoms with Crippen LogP contribution in [-0.4, -0.2) is 24.0 Å². The summed E-state index contributed by atoms with van der Waals surface area (Å²) in [5.41, 5.74) is 3.98. The quantitative estimate of drug-likeness (QED) is 0.895. The van der Waals surface area contributed by atoms with Crippen molar-refractivity contribution in [3.63, 3.8) is 0 Å². The van der Waals surface area contributed by atoms with Crippen LogP contribution in [-0.2, 0) is 17.6 Å². The van der Waals surface area contributed by atoms with E-state index < -0.39 is 0 Å². The van der Waals surface area contributed by atoms with Gasteiger partial charge in [-0.1, -0.05) is 19.1 Å². The lowest BCUT2D eigenvalue weighted by Gasteiger charge is -2.47. The van der Waals surface area contributed by atoms with Crippen LogP contribution < -0.4 is 10.1 Å². The number of rotatable bonds is 2. The third kappa shape index (κ3) is 1.79. The molecule has 1 aliphatic carbocycles. The van der Waals surface area contributed by atoms with Crippen LogP contribution in [0, 0.1) is 5.41 Å². The SMILES string of the molecule is CCC12CCC(=O)NC1Cc1[nH]c3c(OC)cccc3c1C2. The highest BCUT2D eigenvalue weighted by Crippen LogP contribution is 2.46. The first-order chi connectivity index (χ1) is 10.7. The number of ether oxygens (including phenoxy) is 1.